The number of rotatable bonds is 2. The van der Waals surface area contributed by atoms with Crippen LogP contribution in [0, 0.1) is 0 Å². The molecule has 1 aromatic carbocycles. The van der Waals surface area contributed by atoms with E-state index in [1.807, 2.05) is 0 Å². The third-order valence-corrected chi connectivity index (χ3v) is 4.25. The van der Waals surface area contributed by atoms with Crippen molar-refractivity contribution in [2.45, 2.75) is 6.36 Å². The second-order valence-corrected chi connectivity index (χ2v) is 5.44. The van der Waals surface area contributed by atoms with E-state index in [4.69, 9.17) is 5.11 Å². The van der Waals surface area contributed by atoms with E-state index in [0.717, 1.165) is 4.26 Å². The molecule has 2 rings (SSSR count). The average Bonchev–Trinajstić information content (AvgIpc) is 2.57. The summed E-state index contributed by atoms with van der Waals surface area (Å²) in [5.41, 5.74) is 0. The summed E-state index contributed by atoms with van der Waals surface area (Å²) in [5, 5.41) is 9.25. The number of hydrogen-bond donors (Lipinski definition) is 1. The van der Waals surface area contributed by atoms with Crippen LogP contribution >= 0.6 is 0 Å². The zero-order valence-corrected chi connectivity index (χ0v) is 9.83. The van der Waals surface area contributed by atoms with Gasteiger partial charge in [0, 0.05) is 0 Å². The number of fused-ring (bicyclic) bond motifs is 1. The van der Waals surface area contributed by atoms with E-state index in [9.17, 15) is 18.0 Å². The first kappa shape index (κ1) is 12.0. The maximum atomic E-state index is 12.0. The molecule has 0 aliphatic carbocycles. The minimum atomic E-state index is -4.74. The maximum absolute atomic E-state index is 12.0. The number of carboxylic acids is 1. The van der Waals surface area contributed by atoms with Gasteiger partial charge in [-0.05, 0) is 0 Å². The number of carbonyl (C=O) groups is 1. The molecule has 0 aliphatic heterocycles. The van der Waals surface area contributed by atoms with Crippen molar-refractivity contribution in [2.24, 2.45) is 0 Å². The van der Waals surface area contributed by atoms with Crippen molar-refractivity contribution in [3.05, 3.63) is 28.7 Å². The molecule has 0 saturated carbocycles. The third-order valence-electron chi connectivity index (χ3n) is 1.93. The van der Waals surface area contributed by atoms with Gasteiger partial charge in [-0.1, -0.05) is 0 Å². The molecular formula is C10H5F3O3Se. The first-order chi connectivity index (χ1) is 7.85. The van der Waals surface area contributed by atoms with Gasteiger partial charge in [0.25, 0.3) is 0 Å². The second-order valence-electron chi connectivity index (χ2n) is 3.16. The Morgan fingerprint density at radius 2 is 2.00 bits per heavy atom. The molecule has 90 valence electrons. The molecule has 0 saturated heterocycles. The summed E-state index contributed by atoms with van der Waals surface area (Å²) in [7, 11) is 0. The van der Waals surface area contributed by atoms with Crippen molar-refractivity contribution in [2.75, 3.05) is 0 Å². The molecule has 0 fully saturated rings. The third kappa shape index (κ3) is 2.81. The molecule has 0 spiro atoms. The standard InChI is InChI=1S/C10H5F3O3Se/c11-10(12,13)16-6-1-2-7-5(3-6)4-8(17-7)9(14)15/h1-4H,(H,14,15). The number of halogens is 3. The van der Waals surface area contributed by atoms with E-state index in [1.165, 1.54) is 24.3 Å². The first-order valence-corrected chi connectivity index (χ1v) is 6.09. The molecule has 1 aromatic heterocycles. The Balaban J connectivity index is 2.40. The van der Waals surface area contributed by atoms with Crippen LogP contribution in [0.2, 0.25) is 0 Å². The number of benzene rings is 1. The molecule has 0 bridgehead atoms. The molecule has 17 heavy (non-hydrogen) atoms. The van der Waals surface area contributed by atoms with Crippen LogP contribution in [0.3, 0.4) is 0 Å². The average molecular weight is 309 g/mol. The Kier molecular flexibility index (Phi) is 2.89. The van der Waals surface area contributed by atoms with Crippen LogP contribution in [0.5, 0.6) is 5.75 Å². The molecule has 1 heterocycles. The molecule has 0 unspecified atom stereocenters. The monoisotopic (exact) mass is 310 g/mol. The van der Waals surface area contributed by atoms with Crippen molar-refractivity contribution < 1.29 is 27.8 Å². The Bertz CT molecular complexity index is 574. The van der Waals surface area contributed by atoms with Gasteiger partial charge < -0.3 is 0 Å². The molecule has 7 heteroatoms. The predicted molar refractivity (Wildman–Crippen MR) is 54.5 cm³/mol. The fourth-order valence-corrected chi connectivity index (χ4v) is 3.17. The Morgan fingerprint density at radius 3 is 2.59 bits per heavy atom. The van der Waals surface area contributed by atoms with Crippen LogP contribution < -0.4 is 4.74 Å². The van der Waals surface area contributed by atoms with Gasteiger partial charge in [-0.25, -0.2) is 0 Å². The fraction of sp³-hybridized carbons (Fsp3) is 0.100. The normalized spacial score (nSPS) is 11.7. The SMILES string of the molecule is O=C(O)c1cc2cc(OC(F)(F)F)ccc2[se]1. The van der Waals surface area contributed by atoms with E-state index in [2.05, 4.69) is 4.74 Å². The Labute approximate surface area is 99.2 Å². The van der Waals surface area contributed by atoms with Gasteiger partial charge in [-0.2, -0.15) is 0 Å². The summed E-state index contributed by atoms with van der Waals surface area (Å²) < 4.78 is 40.6. The van der Waals surface area contributed by atoms with Crippen LogP contribution in [0.4, 0.5) is 13.2 Å². The van der Waals surface area contributed by atoms with Gasteiger partial charge in [0.05, 0.1) is 0 Å². The minimum absolute atomic E-state index is 0.219. The van der Waals surface area contributed by atoms with Crippen LogP contribution in [0.15, 0.2) is 24.3 Å². The quantitative estimate of drug-likeness (QED) is 0.867. The zero-order valence-electron chi connectivity index (χ0n) is 8.12. The summed E-state index contributed by atoms with van der Waals surface area (Å²) >= 11 is -0.363. The van der Waals surface area contributed by atoms with E-state index in [-0.39, 0.29) is 24.7 Å². The van der Waals surface area contributed by atoms with Crippen LogP contribution in [0.25, 0.3) is 9.65 Å². The van der Waals surface area contributed by atoms with Gasteiger partial charge in [0.2, 0.25) is 0 Å². The van der Waals surface area contributed by atoms with E-state index < -0.39 is 12.3 Å². The van der Waals surface area contributed by atoms with Crippen molar-refractivity contribution in [1.29, 1.82) is 0 Å². The Hall–Kier alpha value is -1.46. The van der Waals surface area contributed by atoms with Crippen molar-refractivity contribution >= 4 is 30.1 Å². The molecular weight excluding hydrogens is 304 g/mol. The van der Waals surface area contributed by atoms with E-state index in [1.54, 1.807) is 0 Å². The van der Waals surface area contributed by atoms with Crippen LogP contribution in [-0.4, -0.2) is 31.9 Å². The summed E-state index contributed by atoms with van der Waals surface area (Å²) in [5.74, 6) is -1.38. The van der Waals surface area contributed by atoms with Crippen molar-refractivity contribution in [1.82, 2.24) is 0 Å². The van der Waals surface area contributed by atoms with Gasteiger partial charge in [0.15, 0.2) is 0 Å². The summed E-state index contributed by atoms with van der Waals surface area (Å²) in [4.78, 5) is 10.7. The Morgan fingerprint density at radius 1 is 1.29 bits per heavy atom. The second kappa shape index (κ2) is 4.09. The van der Waals surface area contributed by atoms with E-state index >= 15 is 0 Å². The zero-order chi connectivity index (χ0) is 12.6. The van der Waals surface area contributed by atoms with Gasteiger partial charge in [-0.15, -0.1) is 0 Å². The van der Waals surface area contributed by atoms with E-state index in [0.29, 0.717) is 5.39 Å². The summed E-state index contributed by atoms with van der Waals surface area (Å²) in [6.45, 7) is 0. The molecule has 0 radical (unpaired) electrons. The number of hydrogen-bond acceptors (Lipinski definition) is 2. The van der Waals surface area contributed by atoms with Gasteiger partial charge >= 0.3 is 98.7 Å². The molecule has 1 N–H and O–H groups in total. The van der Waals surface area contributed by atoms with Crippen molar-refractivity contribution in [3.63, 3.8) is 0 Å². The topological polar surface area (TPSA) is 46.5 Å². The molecule has 0 atom stereocenters. The number of aromatic carboxylic acids is 1. The number of carboxylic acid groups (broad SMARTS) is 1. The number of ether oxygens (including phenoxy) is 1. The first-order valence-electron chi connectivity index (χ1n) is 4.38. The number of alkyl halides is 3. The van der Waals surface area contributed by atoms with Crippen molar-refractivity contribution in [3.8, 4) is 5.75 Å². The summed E-state index contributed by atoms with van der Waals surface area (Å²) in [6, 6.07) is 5.22. The van der Waals surface area contributed by atoms with Crippen LogP contribution in [0.1, 0.15) is 9.23 Å². The van der Waals surface area contributed by atoms with Gasteiger partial charge in [-0.3, -0.25) is 0 Å². The summed E-state index contributed by atoms with van der Waals surface area (Å²) in [6.07, 6.45) is -4.74. The molecule has 2 aromatic rings. The fourth-order valence-electron chi connectivity index (χ4n) is 1.32. The van der Waals surface area contributed by atoms with Gasteiger partial charge in [0.1, 0.15) is 0 Å². The van der Waals surface area contributed by atoms with Crippen LogP contribution in [-0.2, 0) is 0 Å². The molecule has 0 aliphatic rings. The molecule has 0 amide bonds. The molecule has 3 nitrogen and oxygen atoms in total. The predicted octanol–water partition coefficient (Wildman–Crippen LogP) is 2.49.